The number of furan rings is 1. The monoisotopic (exact) mass is 456 g/mol. The predicted molar refractivity (Wildman–Crippen MR) is 103 cm³/mol. The van der Waals surface area contributed by atoms with Crippen LogP contribution in [-0.2, 0) is 16.1 Å². The summed E-state index contributed by atoms with van der Waals surface area (Å²) in [6.07, 6.45) is 0.839. The Hall–Kier alpha value is -2.99. The summed E-state index contributed by atoms with van der Waals surface area (Å²) in [7, 11) is 1.76. The van der Waals surface area contributed by atoms with Crippen LogP contribution in [0.25, 0.3) is 0 Å². The number of methoxy groups -OCH3 is 1. The van der Waals surface area contributed by atoms with Gasteiger partial charge in [-0.25, -0.2) is 14.8 Å². The van der Waals surface area contributed by atoms with Crippen LogP contribution in [0.3, 0.4) is 0 Å². The number of ether oxygens (including phenoxy) is 1. The van der Waals surface area contributed by atoms with Crippen LogP contribution in [0.5, 0.6) is 0 Å². The molecule has 0 aromatic carbocycles. The van der Waals surface area contributed by atoms with Crippen LogP contribution in [-0.4, -0.2) is 81.8 Å². The number of hydrogen-bond donors (Lipinski definition) is 1. The maximum atomic E-state index is 12.9. The van der Waals surface area contributed by atoms with Crippen molar-refractivity contribution in [1.82, 2.24) is 19.8 Å². The van der Waals surface area contributed by atoms with E-state index >= 15 is 0 Å². The fourth-order valence-electron chi connectivity index (χ4n) is 4.07. The molecule has 12 heteroatoms. The minimum atomic E-state index is -5.08. The molecule has 2 aliphatic heterocycles. The summed E-state index contributed by atoms with van der Waals surface area (Å²) < 4.78 is 42.9. The molecule has 1 N–H and O–H groups in total. The normalized spacial score (nSPS) is 23.2. The van der Waals surface area contributed by atoms with Crippen molar-refractivity contribution in [2.45, 2.75) is 31.3 Å². The minimum Gasteiger partial charge on any atom is -0.475 e. The molecular formula is C20H23F3N4O5. The van der Waals surface area contributed by atoms with Gasteiger partial charge in [0.2, 0.25) is 5.82 Å². The molecule has 2 aromatic heterocycles. The molecule has 1 amide bonds. The standard InChI is InChI=1S/C18H22N4O3.C2HF3O2/c1-24-16-5-8-22(18(23)17-19-6-3-7-20-17)15-12-21(11-14(15)16)10-13-4-2-9-25-13;3-2(4,5)1(6)7/h2-4,6-7,9,14-16H,5,8,10-12H2,1H3;(H,6,7)/t14-,15+,16-;/m0./s1. The number of hydrogen-bond acceptors (Lipinski definition) is 7. The Balaban J connectivity index is 0.000000360. The first-order valence-electron chi connectivity index (χ1n) is 9.86. The van der Waals surface area contributed by atoms with Crippen molar-refractivity contribution in [3.8, 4) is 0 Å². The average molecular weight is 456 g/mol. The molecule has 0 spiro atoms. The van der Waals surface area contributed by atoms with E-state index in [-0.39, 0.29) is 23.9 Å². The van der Waals surface area contributed by atoms with Gasteiger partial charge in [-0.3, -0.25) is 9.69 Å². The molecule has 9 nitrogen and oxygen atoms in total. The summed E-state index contributed by atoms with van der Waals surface area (Å²) in [6, 6.07) is 5.72. The van der Waals surface area contributed by atoms with Crippen LogP contribution in [0.2, 0.25) is 0 Å². The highest BCUT2D eigenvalue weighted by Crippen LogP contribution is 2.33. The molecule has 174 valence electrons. The van der Waals surface area contributed by atoms with E-state index in [0.717, 1.165) is 31.8 Å². The molecule has 32 heavy (non-hydrogen) atoms. The molecule has 4 rings (SSSR count). The molecule has 0 aliphatic carbocycles. The number of carboxylic acid groups (broad SMARTS) is 1. The average Bonchev–Trinajstić information content (AvgIpc) is 3.43. The molecule has 2 fully saturated rings. The molecule has 2 saturated heterocycles. The van der Waals surface area contributed by atoms with Gasteiger partial charge in [0.15, 0.2) is 0 Å². The van der Waals surface area contributed by atoms with Crippen LogP contribution in [0.1, 0.15) is 22.8 Å². The number of carboxylic acids is 1. The Morgan fingerprint density at radius 3 is 2.50 bits per heavy atom. The van der Waals surface area contributed by atoms with Crippen molar-refractivity contribution < 1.29 is 37.0 Å². The second-order valence-electron chi connectivity index (χ2n) is 7.44. The summed E-state index contributed by atoms with van der Waals surface area (Å²) in [5, 5.41) is 7.12. The van der Waals surface area contributed by atoms with Gasteiger partial charge in [0.05, 0.1) is 25.0 Å². The molecule has 4 heterocycles. The lowest BCUT2D eigenvalue weighted by Gasteiger charge is -2.40. The highest BCUT2D eigenvalue weighted by Gasteiger charge is 2.46. The van der Waals surface area contributed by atoms with Gasteiger partial charge in [-0.05, 0) is 24.6 Å². The summed E-state index contributed by atoms with van der Waals surface area (Å²) >= 11 is 0. The number of piperidine rings is 1. The fourth-order valence-corrected chi connectivity index (χ4v) is 4.07. The Kier molecular flexibility index (Phi) is 7.46. The third kappa shape index (κ3) is 5.62. The van der Waals surface area contributed by atoms with Gasteiger partial charge in [-0.1, -0.05) is 0 Å². The highest BCUT2D eigenvalue weighted by molar-refractivity contribution is 5.90. The smallest absolute Gasteiger partial charge is 0.475 e. The third-order valence-corrected chi connectivity index (χ3v) is 5.46. The van der Waals surface area contributed by atoms with Crippen LogP contribution >= 0.6 is 0 Å². The zero-order valence-electron chi connectivity index (χ0n) is 17.2. The van der Waals surface area contributed by atoms with Crippen molar-refractivity contribution in [3.05, 3.63) is 48.4 Å². The number of carbonyl (C=O) groups is 2. The molecule has 2 aromatic rings. The molecule has 2 aliphatic rings. The maximum absolute atomic E-state index is 12.9. The SMILES string of the molecule is CO[C@H]1CCN(C(=O)c2ncccn2)[C@@H]2CN(Cc3ccco3)C[C@H]12.O=C(O)C(F)(F)F. The highest BCUT2D eigenvalue weighted by atomic mass is 19.4. The van der Waals surface area contributed by atoms with Crippen LogP contribution in [0.15, 0.2) is 41.3 Å². The van der Waals surface area contributed by atoms with Crippen LogP contribution in [0.4, 0.5) is 13.2 Å². The van der Waals surface area contributed by atoms with Crippen LogP contribution < -0.4 is 0 Å². The molecule has 0 unspecified atom stereocenters. The van der Waals surface area contributed by atoms with Gasteiger partial charge in [0.1, 0.15) is 5.76 Å². The number of rotatable bonds is 4. The number of likely N-dealkylation sites (tertiary alicyclic amines) is 2. The van der Waals surface area contributed by atoms with E-state index in [1.165, 1.54) is 0 Å². The van der Waals surface area contributed by atoms with Crippen molar-refractivity contribution in [2.24, 2.45) is 5.92 Å². The van der Waals surface area contributed by atoms with E-state index in [9.17, 15) is 18.0 Å². The van der Waals surface area contributed by atoms with E-state index in [2.05, 4.69) is 14.9 Å². The van der Waals surface area contributed by atoms with Gasteiger partial charge in [0.25, 0.3) is 5.91 Å². The van der Waals surface area contributed by atoms with Crippen molar-refractivity contribution in [3.63, 3.8) is 0 Å². The first kappa shape index (κ1) is 23.7. The first-order chi connectivity index (χ1) is 15.2. The fraction of sp³-hybridized carbons (Fsp3) is 0.500. The molecular weight excluding hydrogens is 433 g/mol. The second-order valence-corrected chi connectivity index (χ2v) is 7.44. The van der Waals surface area contributed by atoms with E-state index in [1.54, 1.807) is 31.8 Å². The van der Waals surface area contributed by atoms with E-state index in [0.29, 0.717) is 12.5 Å². The van der Waals surface area contributed by atoms with Crippen molar-refractivity contribution in [1.29, 1.82) is 0 Å². The number of nitrogens with zero attached hydrogens (tertiary/aromatic N) is 4. The van der Waals surface area contributed by atoms with Gasteiger partial charge in [-0.15, -0.1) is 0 Å². The largest absolute Gasteiger partial charge is 0.490 e. The van der Waals surface area contributed by atoms with Gasteiger partial charge in [-0.2, -0.15) is 13.2 Å². The number of fused-ring (bicyclic) bond motifs is 1. The molecule has 0 bridgehead atoms. The van der Waals surface area contributed by atoms with E-state index in [1.807, 2.05) is 17.0 Å². The zero-order valence-corrected chi connectivity index (χ0v) is 17.2. The van der Waals surface area contributed by atoms with Gasteiger partial charge < -0.3 is 19.2 Å². The zero-order chi connectivity index (χ0) is 23.3. The predicted octanol–water partition coefficient (Wildman–Crippen LogP) is 2.06. The number of aromatic nitrogens is 2. The van der Waals surface area contributed by atoms with Crippen molar-refractivity contribution >= 4 is 11.9 Å². The lowest BCUT2D eigenvalue weighted by molar-refractivity contribution is -0.192. The number of amides is 1. The molecule has 0 radical (unpaired) electrons. The number of carbonyl (C=O) groups excluding carboxylic acids is 1. The first-order valence-corrected chi connectivity index (χ1v) is 9.86. The number of alkyl halides is 3. The third-order valence-electron chi connectivity index (χ3n) is 5.46. The Bertz CT molecular complexity index is 894. The number of halogens is 3. The second kappa shape index (κ2) is 10.1. The van der Waals surface area contributed by atoms with Crippen LogP contribution in [0, 0.1) is 5.92 Å². The molecule has 3 atom stereocenters. The lowest BCUT2D eigenvalue weighted by atomic mass is 9.89. The topological polar surface area (TPSA) is 109 Å². The van der Waals surface area contributed by atoms with E-state index in [4.69, 9.17) is 19.1 Å². The Labute approximate surface area is 181 Å². The maximum Gasteiger partial charge on any atom is 0.490 e. The number of aliphatic carboxylic acids is 1. The summed E-state index contributed by atoms with van der Waals surface area (Å²) in [5.41, 5.74) is 0. The summed E-state index contributed by atoms with van der Waals surface area (Å²) in [6.45, 7) is 3.12. The van der Waals surface area contributed by atoms with E-state index < -0.39 is 12.1 Å². The minimum absolute atomic E-state index is 0.0926. The summed E-state index contributed by atoms with van der Waals surface area (Å²) in [4.78, 5) is 34.3. The Morgan fingerprint density at radius 2 is 1.94 bits per heavy atom. The van der Waals surface area contributed by atoms with Gasteiger partial charge >= 0.3 is 12.1 Å². The molecule has 0 saturated carbocycles. The van der Waals surface area contributed by atoms with Gasteiger partial charge in [0, 0.05) is 45.1 Å². The lowest BCUT2D eigenvalue weighted by Crippen LogP contribution is -2.53. The quantitative estimate of drug-likeness (QED) is 0.745. The van der Waals surface area contributed by atoms with Crippen molar-refractivity contribution in [2.75, 3.05) is 26.7 Å². The Morgan fingerprint density at radius 1 is 1.25 bits per heavy atom. The summed E-state index contributed by atoms with van der Waals surface area (Å²) in [5.74, 6) is -1.35.